The second-order valence-electron chi connectivity index (χ2n) is 6.10. The standard InChI is InChI=1S/C20H12ClNO3S/c21-17-14-3-1-2-4-16(14)26-18(17)19-22-15(20(23)25-19)8-11-5-6-12-9-24-10-13(12)7-11/h1-8H,9-10H2. The van der Waals surface area contributed by atoms with Crippen LogP contribution >= 0.6 is 22.9 Å². The Morgan fingerprint density at radius 3 is 2.85 bits per heavy atom. The average molecular weight is 382 g/mol. The van der Waals surface area contributed by atoms with Gasteiger partial charge in [0, 0.05) is 10.1 Å². The van der Waals surface area contributed by atoms with E-state index in [9.17, 15) is 4.79 Å². The molecule has 4 nitrogen and oxygen atoms in total. The van der Waals surface area contributed by atoms with E-state index in [1.165, 1.54) is 16.9 Å². The maximum absolute atomic E-state index is 12.3. The lowest BCUT2D eigenvalue weighted by Crippen LogP contribution is -2.04. The smallest absolute Gasteiger partial charge is 0.363 e. The quantitative estimate of drug-likeness (QED) is 0.467. The van der Waals surface area contributed by atoms with Crippen molar-refractivity contribution in [3.8, 4) is 0 Å². The molecule has 0 N–H and O–H groups in total. The summed E-state index contributed by atoms with van der Waals surface area (Å²) in [6.07, 6.45) is 1.73. The number of benzene rings is 2. The molecule has 2 aliphatic heterocycles. The highest BCUT2D eigenvalue weighted by Gasteiger charge is 2.28. The molecule has 0 radical (unpaired) electrons. The van der Waals surface area contributed by atoms with E-state index in [-0.39, 0.29) is 11.6 Å². The summed E-state index contributed by atoms with van der Waals surface area (Å²) in [5, 5.41) is 1.50. The Morgan fingerprint density at radius 2 is 1.96 bits per heavy atom. The van der Waals surface area contributed by atoms with Crippen molar-refractivity contribution in [2.75, 3.05) is 0 Å². The summed E-state index contributed by atoms with van der Waals surface area (Å²) in [4.78, 5) is 17.3. The highest BCUT2D eigenvalue weighted by molar-refractivity contribution is 7.21. The van der Waals surface area contributed by atoms with Gasteiger partial charge in [-0.05, 0) is 34.9 Å². The number of ether oxygens (including phenoxy) is 2. The van der Waals surface area contributed by atoms with Gasteiger partial charge >= 0.3 is 5.97 Å². The lowest BCUT2D eigenvalue weighted by Gasteiger charge is -1.99. The number of nitrogens with zero attached hydrogens (tertiary/aromatic N) is 1. The fourth-order valence-electron chi connectivity index (χ4n) is 3.10. The summed E-state index contributed by atoms with van der Waals surface area (Å²) in [7, 11) is 0. The molecule has 0 saturated carbocycles. The zero-order chi connectivity index (χ0) is 17.7. The molecule has 2 aliphatic rings. The van der Waals surface area contributed by atoms with Gasteiger partial charge in [0.2, 0.25) is 5.90 Å². The summed E-state index contributed by atoms with van der Waals surface area (Å²) >= 11 is 7.93. The van der Waals surface area contributed by atoms with Crippen LogP contribution in [0.25, 0.3) is 16.2 Å². The molecule has 0 aliphatic carbocycles. The minimum Gasteiger partial charge on any atom is -0.401 e. The van der Waals surface area contributed by atoms with Crippen LogP contribution in [-0.4, -0.2) is 11.9 Å². The van der Waals surface area contributed by atoms with Gasteiger partial charge in [-0.25, -0.2) is 9.79 Å². The fourth-order valence-corrected chi connectivity index (χ4v) is 4.54. The highest BCUT2D eigenvalue weighted by atomic mass is 35.5. The third-order valence-electron chi connectivity index (χ3n) is 4.40. The molecule has 6 heteroatoms. The maximum atomic E-state index is 12.3. The number of esters is 1. The number of hydrogen-bond donors (Lipinski definition) is 0. The number of rotatable bonds is 2. The van der Waals surface area contributed by atoms with E-state index in [2.05, 4.69) is 4.99 Å². The Kier molecular flexibility index (Phi) is 3.67. The first-order valence-electron chi connectivity index (χ1n) is 8.08. The third-order valence-corrected chi connectivity index (χ3v) is 6.06. The van der Waals surface area contributed by atoms with Crippen LogP contribution in [0.1, 0.15) is 21.6 Å². The van der Waals surface area contributed by atoms with Crippen LogP contribution in [0.4, 0.5) is 0 Å². The second kappa shape index (κ2) is 6.06. The van der Waals surface area contributed by atoms with Crippen molar-refractivity contribution in [1.29, 1.82) is 0 Å². The highest BCUT2D eigenvalue weighted by Crippen LogP contribution is 2.37. The van der Waals surface area contributed by atoms with Crippen LogP contribution in [0.5, 0.6) is 0 Å². The molecule has 2 aromatic carbocycles. The first-order chi connectivity index (χ1) is 12.7. The van der Waals surface area contributed by atoms with Crippen molar-refractivity contribution in [1.82, 2.24) is 0 Å². The van der Waals surface area contributed by atoms with E-state index >= 15 is 0 Å². The molecule has 26 heavy (non-hydrogen) atoms. The van der Waals surface area contributed by atoms with Crippen molar-refractivity contribution < 1.29 is 14.3 Å². The lowest BCUT2D eigenvalue weighted by molar-refractivity contribution is -0.129. The van der Waals surface area contributed by atoms with Crippen molar-refractivity contribution in [3.05, 3.63) is 74.8 Å². The predicted octanol–water partition coefficient (Wildman–Crippen LogP) is 4.93. The van der Waals surface area contributed by atoms with Crippen molar-refractivity contribution in [2.45, 2.75) is 13.2 Å². The third kappa shape index (κ3) is 2.56. The predicted molar refractivity (Wildman–Crippen MR) is 102 cm³/mol. The first kappa shape index (κ1) is 15.8. The fraction of sp³-hybridized carbons (Fsp3) is 0.100. The van der Waals surface area contributed by atoms with Gasteiger partial charge in [0.05, 0.1) is 18.2 Å². The molecule has 3 aromatic rings. The topological polar surface area (TPSA) is 47.9 Å². The molecule has 3 heterocycles. The summed E-state index contributed by atoms with van der Waals surface area (Å²) in [6, 6.07) is 13.8. The Hall–Kier alpha value is -2.47. The van der Waals surface area contributed by atoms with Gasteiger partial charge in [0.25, 0.3) is 0 Å². The molecule has 1 aromatic heterocycles. The number of halogens is 1. The maximum Gasteiger partial charge on any atom is 0.363 e. The first-order valence-corrected chi connectivity index (χ1v) is 9.28. The number of aliphatic imine (C=N–C) groups is 1. The van der Waals surface area contributed by atoms with Crippen LogP contribution in [0.3, 0.4) is 0 Å². The zero-order valence-electron chi connectivity index (χ0n) is 13.5. The molecule has 5 rings (SSSR count). The monoisotopic (exact) mass is 381 g/mol. The van der Waals surface area contributed by atoms with E-state index in [4.69, 9.17) is 21.1 Å². The molecule has 0 unspecified atom stereocenters. The summed E-state index contributed by atoms with van der Waals surface area (Å²) < 4.78 is 11.8. The Bertz CT molecular complexity index is 1130. The van der Waals surface area contributed by atoms with E-state index in [0.29, 0.717) is 23.1 Å². The van der Waals surface area contributed by atoms with Crippen LogP contribution in [0.15, 0.2) is 53.2 Å². The average Bonchev–Trinajstić information content (AvgIpc) is 3.33. The number of hydrogen-bond acceptors (Lipinski definition) is 5. The number of thiophene rings is 1. The molecular formula is C20H12ClNO3S. The van der Waals surface area contributed by atoms with Crippen LogP contribution in [0.2, 0.25) is 5.02 Å². The van der Waals surface area contributed by atoms with E-state index < -0.39 is 5.97 Å². The number of cyclic esters (lactones) is 1. The molecular weight excluding hydrogens is 370 g/mol. The molecule has 0 fully saturated rings. The van der Waals surface area contributed by atoms with Crippen molar-refractivity contribution in [2.24, 2.45) is 4.99 Å². The number of carbonyl (C=O) groups is 1. The van der Waals surface area contributed by atoms with Crippen LogP contribution in [-0.2, 0) is 27.5 Å². The molecule has 0 atom stereocenters. The number of fused-ring (bicyclic) bond motifs is 2. The molecule has 0 spiro atoms. The van der Waals surface area contributed by atoms with Gasteiger partial charge in [0.1, 0.15) is 4.88 Å². The molecule has 0 amide bonds. The summed E-state index contributed by atoms with van der Waals surface area (Å²) in [5.41, 5.74) is 3.49. The summed E-state index contributed by atoms with van der Waals surface area (Å²) in [6.45, 7) is 1.24. The van der Waals surface area contributed by atoms with Gasteiger partial charge in [-0.2, -0.15) is 0 Å². The molecule has 0 bridgehead atoms. The Morgan fingerprint density at radius 1 is 1.12 bits per heavy atom. The SMILES string of the molecule is O=C1OC(c2sc3ccccc3c2Cl)=NC1=Cc1ccc2c(c1)COC2. The van der Waals surface area contributed by atoms with Gasteiger partial charge in [-0.15, -0.1) is 11.3 Å². The normalized spacial score (nSPS) is 17.7. The van der Waals surface area contributed by atoms with E-state index in [1.807, 2.05) is 42.5 Å². The molecule has 0 saturated heterocycles. The minimum atomic E-state index is -0.467. The van der Waals surface area contributed by atoms with Crippen LogP contribution < -0.4 is 0 Å². The van der Waals surface area contributed by atoms with Gasteiger partial charge in [-0.3, -0.25) is 0 Å². The van der Waals surface area contributed by atoms with Crippen molar-refractivity contribution >= 4 is 51.0 Å². The second-order valence-corrected chi connectivity index (χ2v) is 7.53. The largest absolute Gasteiger partial charge is 0.401 e. The molecule has 128 valence electrons. The lowest BCUT2D eigenvalue weighted by atomic mass is 10.1. The van der Waals surface area contributed by atoms with Crippen LogP contribution in [0, 0.1) is 0 Å². The van der Waals surface area contributed by atoms with E-state index in [0.717, 1.165) is 21.2 Å². The van der Waals surface area contributed by atoms with Gasteiger partial charge in [-0.1, -0.05) is 41.9 Å². The summed E-state index contributed by atoms with van der Waals surface area (Å²) in [5.74, 6) is -0.206. The van der Waals surface area contributed by atoms with E-state index in [1.54, 1.807) is 6.08 Å². The Balaban J connectivity index is 1.54. The Labute approximate surface area is 158 Å². The zero-order valence-corrected chi connectivity index (χ0v) is 15.1. The number of carbonyl (C=O) groups excluding carboxylic acids is 1. The van der Waals surface area contributed by atoms with Gasteiger partial charge < -0.3 is 9.47 Å². The minimum absolute atomic E-state index is 0.261. The van der Waals surface area contributed by atoms with Crippen molar-refractivity contribution in [3.63, 3.8) is 0 Å². The van der Waals surface area contributed by atoms with Gasteiger partial charge in [0.15, 0.2) is 5.70 Å².